The van der Waals surface area contributed by atoms with Crippen LogP contribution in [0.2, 0.25) is 0 Å². The van der Waals surface area contributed by atoms with Crippen LogP contribution >= 0.6 is 0 Å². The SMILES string of the molecule is CC(C)(C)c1cc(-c2nccc3c2ccc2c(C4CCC(F)(F)CC4)cccc23)[c-]c2ccccc12.CCC(C)(CC)C(=O)/C=C(\O)C(C)(CC)CC.[Ir]. The molecule has 5 aromatic rings. The van der Waals surface area contributed by atoms with Crippen molar-refractivity contribution in [2.75, 3.05) is 0 Å². The van der Waals surface area contributed by atoms with E-state index in [1.54, 1.807) is 0 Å². The summed E-state index contributed by atoms with van der Waals surface area (Å²) in [6.07, 6.45) is 7.66. The molecule has 4 aromatic carbocycles. The summed E-state index contributed by atoms with van der Waals surface area (Å²) >= 11 is 0. The molecule has 0 bridgehead atoms. The van der Waals surface area contributed by atoms with Gasteiger partial charge in [-0.3, -0.25) is 9.78 Å². The van der Waals surface area contributed by atoms with Gasteiger partial charge in [-0.2, -0.15) is 0 Å². The summed E-state index contributed by atoms with van der Waals surface area (Å²) in [6.45, 7) is 18.8. The van der Waals surface area contributed by atoms with E-state index in [1.165, 1.54) is 22.6 Å². The predicted molar refractivity (Wildman–Crippen MR) is 219 cm³/mol. The van der Waals surface area contributed by atoms with Crippen molar-refractivity contribution in [3.63, 3.8) is 0 Å². The molecule has 1 N–H and O–H groups in total. The minimum Gasteiger partial charge on any atom is -0.512 e. The van der Waals surface area contributed by atoms with Crippen molar-refractivity contribution in [3.05, 3.63) is 102 Å². The number of allylic oxidation sites excluding steroid dienone is 2. The first-order valence-corrected chi connectivity index (χ1v) is 19.6. The summed E-state index contributed by atoms with van der Waals surface area (Å²) in [6, 6.07) is 27.0. The predicted octanol–water partition coefficient (Wildman–Crippen LogP) is 14.2. The molecule has 0 spiro atoms. The number of halogens is 2. The number of aliphatic hydroxyl groups is 1. The molecular weight excluding hydrogens is 853 g/mol. The molecule has 1 saturated carbocycles. The van der Waals surface area contributed by atoms with E-state index in [1.807, 2.05) is 47.7 Å². The Morgan fingerprint density at radius 1 is 0.796 bits per heavy atom. The first-order valence-electron chi connectivity index (χ1n) is 19.6. The Morgan fingerprint density at radius 2 is 1.37 bits per heavy atom. The Morgan fingerprint density at radius 3 is 1.98 bits per heavy atom. The second-order valence-electron chi connectivity index (χ2n) is 16.7. The number of aromatic nitrogens is 1. The fourth-order valence-corrected chi connectivity index (χ4v) is 7.63. The summed E-state index contributed by atoms with van der Waals surface area (Å²) in [5.41, 5.74) is 3.77. The summed E-state index contributed by atoms with van der Waals surface area (Å²) < 4.78 is 27.6. The standard InChI is InChI=1S/C33H30F2N.C15H28O2.Ir/c1-32(2,3)30-20-23(19-22-7-4-5-8-25(22)30)31-29-12-11-27-24(21-13-16-33(34,35)17-14-21)9-6-10-26(27)28(29)15-18-36-31;1-7-14(5,8-2)12(16)11-13(17)15(6,9-3)10-4;/h4-12,15,18,20-21H,13-14,16-17H2,1-3H3;11,16H,7-10H2,1-6H3;/q-1;;/b;12-11-;. The Hall–Kier alpha value is -3.47. The first-order chi connectivity index (χ1) is 25.0. The van der Waals surface area contributed by atoms with Crippen molar-refractivity contribution in [1.29, 1.82) is 0 Å². The summed E-state index contributed by atoms with van der Waals surface area (Å²) in [5.74, 6) is -2.06. The van der Waals surface area contributed by atoms with Crippen LogP contribution in [0.3, 0.4) is 0 Å². The van der Waals surface area contributed by atoms with E-state index >= 15 is 0 Å². The van der Waals surface area contributed by atoms with E-state index in [-0.39, 0.29) is 66.7 Å². The number of rotatable bonds is 9. The molecule has 1 aliphatic carbocycles. The zero-order chi connectivity index (χ0) is 38.8. The van der Waals surface area contributed by atoms with E-state index in [4.69, 9.17) is 4.98 Å². The molecule has 0 aliphatic heterocycles. The van der Waals surface area contributed by atoms with E-state index in [2.05, 4.69) is 93.6 Å². The third-order valence-electron chi connectivity index (χ3n) is 12.4. The molecule has 291 valence electrons. The smallest absolute Gasteiger partial charge is 0.248 e. The third kappa shape index (κ3) is 8.97. The molecule has 6 heteroatoms. The second kappa shape index (κ2) is 17.1. The van der Waals surface area contributed by atoms with Gasteiger partial charge in [-0.15, -0.1) is 29.1 Å². The fourth-order valence-electron chi connectivity index (χ4n) is 7.63. The van der Waals surface area contributed by atoms with Crippen LogP contribution in [0.25, 0.3) is 43.6 Å². The monoisotopic (exact) mass is 911 g/mol. The van der Waals surface area contributed by atoms with Crippen molar-refractivity contribution >= 4 is 38.1 Å². The molecule has 0 atom stereocenters. The van der Waals surface area contributed by atoms with Crippen LogP contribution < -0.4 is 0 Å². The molecule has 1 heterocycles. The van der Waals surface area contributed by atoms with Crippen LogP contribution in [0.1, 0.15) is 131 Å². The molecule has 6 rings (SSSR count). The minimum atomic E-state index is -2.52. The number of nitrogens with zero attached hydrogens (tertiary/aromatic N) is 1. The van der Waals surface area contributed by atoms with Crippen molar-refractivity contribution in [2.45, 2.75) is 131 Å². The average molecular weight is 911 g/mol. The fraction of sp³-hybridized carbons (Fsp3) is 0.458. The van der Waals surface area contributed by atoms with Gasteiger partial charge in [0.05, 0.1) is 0 Å². The summed E-state index contributed by atoms with van der Waals surface area (Å²) in [7, 11) is 0. The number of alkyl halides is 2. The maximum absolute atomic E-state index is 13.8. The molecule has 1 aliphatic rings. The Kier molecular flexibility index (Phi) is 13.7. The zero-order valence-electron chi connectivity index (χ0n) is 33.6. The molecule has 1 radical (unpaired) electrons. The molecule has 0 saturated heterocycles. The van der Waals surface area contributed by atoms with E-state index < -0.39 is 5.92 Å². The topological polar surface area (TPSA) is 50.2 Å². The molecule has 0 unspecified atom stereocenters. The van der Waals surface area contributed by atoms with E-state index in [0.29, 0.717) is 12.8 Å². The van der Waals surface area contributed by atoms with Crippen molar-refractivity contribution < 1.29 is 38.8 Å². The number of hydrogen-bond acceptors (Lipinski definition) is 3. The maximum Gasteiger partial charge on any atom is 0.248 e. The van der Waals surface area contributed by atoms with Gasteiger partial charge in [0, 0.05) is 61.7 Å². The Labute approximate surface area is 335 Å². The molecule has 0 amide bonds. The molecule has 1 aromatic heterocycles. The summed E-state index contributed by atoms with van der Waals surface area (Å²) in [4.78, 5) is 17.0. The van der Waals surface area contributed by atoms with Crippen LogP contribution in [-0.4, -0.2) is 21.8 Å². The minimum absolute atomic E-state index is 0. The van der Waals surface area contributed by atoms with Gasteiger partial charge < -0.3 is 5.11 Å². The van der Waals surface area contributed by atoms with E-state index in [0.717, 1.165) is 63.9 Å². The average Bonchev–Trinajstić information content (AvgIpc) is 3.16. The quantitative estimate of drug-likeness (QED) is 0.0694. The maximum atomic E-state index is 13.8. The van der Waals surface area contributed by atoms with Crippen molar-refractivity contribution in [1.82, 2.24) is 4.98 Å². The zero-order valence-corrected chi connectivity index (χ0v) is 36.0. The number of benzene rings is 4. The number of aliphatic hydroxyl groups excluding tert-OH is 1. The van der Waals surface area contributed by atoms with Gasteiger partial charge in [0.1, 0.15) is 5.76 Å². The van der Waals surface area contributed by atoms with Crippen LogP contribution in [0.15, 0.2) is 84.8 Å². The van der Waals surface area contributed by atoms with Gasteiger partial charge in [-0.1, -0.05) is 122 Å². The van der Waals surface area contributed by atoms with Gasteiger partial charge in [0.15, 0.2) is 5.78 Å². The van der Waals surface area contributed by atoms with Gasteiger partial charge in [-0.25, -0.2) is 8.78 Å². The summed E-state index contributed by atoms with van der Waals surface area (Å²) in [5, 5.41) is 17.0. The van der Waals surface area contributed by atoms with Gasteiger partial charge in [0.2, 0.25) is 5.92 Å². The second-order valence-corrected chi connectivity index (χ2v) is 16.7. The Bertz CT molecular complexity index is 2110. The number of hydrogen-bond donors (Lipinski definition) is 1. The van der Waals surface area contributed by atoms with Crippen LogP contribution in [0.5, 0.6) is 0 Å². The molecule has 54 heavy (non-hydrogen) atoms. The van der Waals surface area contributed by atoms with Crippen LogP contribution in [0.4, 0.5) is 8.78 Å². The number of pyridine rings is 1. The van der Waals surface area contributed by atoms with Gasteiger partial charge in [0.25, 0.3) is 0 Å². The molecule has 1 fully saturated rings. The van der Waals surface area contributed by atoms with Gasteiger partial charge >= 0.3 is 0 Å². The number of carbonyl (C=O) groups is 1. The first kappa shape index (κ1) is 43.3. The largest absolute Gasteiger partial charge is 0.512 e. The molecular formula is C48H58F2IrNO2-. The Balaban J connectivity index is 0.000000309. The normalized spacial score (nSPS) is 15.5. The van der Waals surface area contributed by atoms with Crippen molar-refractivity contribution in [2.24, 2.45) is 10.8 Å². The van der Waals surface area contributed by atoms with E-state index in [9.17, 15) is 18.7 Å². The van der Waals surface area contributed by atoms with Crippen molar-refractivity contribution in [3.8, 4) is 11.3 Å². The third-order valence-corrected chi connectivity index (χ3v) is 12.4. The van der Waals surface area contributed by atoms with Gasteiger partial charge in [-0.05, 0) is 83.0 Å². The van der Waals surface area contributed by atoms with Crippen LogP contribution in [0, 0.1) is 16.9 Å². The van der Waals surface area contributed by atoms with Crippen LogP contribution in [-0.2, 0) is 30.3 Å². The molecule has 3 nitrogen and oxygen atoms in total. The number of carbonyl (C=O) groups excluding carboxylic acids is 1. The number of ketones is 1. The number of fused-ring (bicyclic) bond motifs is 4.